The maximum Gasteiger partial charge on any atom is 0.243 e. The van der Waals surface area contributed by atoms with E-state index in [1.807, 2.05) is 6.07 Å². The molecule has 0 aromatic heterocycles. The lowest BCUT2D eigenvalue weighted by molar-refractivity contribution is -0.120. The van der Waals surface area contributed by atoms with Gasteiger partial charge in [0.1, 0.15) is 6.07 Å². The summed E-state index contributed by atoms with van der Waals surface area (Å²) in [6, 6.07) is 5.63. The number of hydrogen-bond acceptors (Lipinski definition) is 4. The molecule has 0 radical (unpaired) electrons. The summed E-state index contributed by atoms with van der Waals surface area (Å²) in [7, 11) is -1.11. The number of benzene rings is 1. The van der Waals surface area contributed by atoms with Crippen LogP contribution in [0.3, 0.4) is 0 Å². The molecule has 0 aliphatic rings. The van der Waals surface area contributed by atoms with Crippen molar-refractivity contribution in [1.29, 1.82) is 5.26 Å². The summed E-state index contributed by atoms with van der Waals surface area (Å²) in [6.45, 7) is -0.295. The van der Waals surface area contributed by atoms with Gasteiger partial charge in [-0.3, -0.25) is 4.79 Å². The maximum absolute atomic E-state index is 12.1. The first kappa shape index (κ1) is 15.4. The summed E-state index contributed by atoms with van der Waals surface area (Å²) in [6.07, 6.45) is 0. The number of halogens is 1. The third-order valence-corrected chi connectivity index (χ3v) is 4.53. The minimum atomic E-state index is -3.81. The predicted octanol–water partition coefficient (Wildman–Crippen LogP) is 0.578. The standard InChI is InChI=1S/C11H12ClN3O3S/c1-14-11(16)7-15(2)19(17,18)9-4-3-8(6-13)10(12)5-9/h3-5H,7H2,1-2H3,(H,14,16). The summed E-state index contributed by atoms with van der Waals surface area (Å²) in [5, 5.41) is 11.1. The van der Waals surface area contributed by atoms with Crippen LogP contribution in [-0.4, -0.2) is 39.3 Å². The van der Waals surface area contributed by atoms with E-state index in [-0.39, 0.29) is 22.0 Å². The largest absolute Gasteiger partial charge is 0.358 e. The van der Waals surface area contributed by atoms with Gasteiger partial charge in [-0.2, -0.15) is 9.57 Å². The number of likely N-dealkylation sites (N-methyl/N-ethyl adjacent to an activating group) is 2. The number of rotatable bonds is 4. The molecule has 1 rings (SSSR count). The lowest BCUT2D eigenvalue weighted by atomic mass is 10.2. The zero-order valence-corrected chi connectivity index (χ0v) is 11.9. The highest BCUT2D eigenvalue weighted by molar-refractivity contribution is 7.89. The van der Waals surface area contributed by atoms with Gasteiger partial charge in [-0.1, -0.05) is 11.6 Å². The molecule has 1 aromatic rings. The fraction of sp³-hybridized carbons (Fsp3) is 0.273. The minimum Gasteiger partial charge on any atom is -0.358 e. The van der Waals surface area contributed by atoms with Crippen LogP contribution in [0.2, 0.25) is 5.02 Å². The van der Waals surface area contributed by atoms with Crippen LogP contribution in [-0.2, 0) is 14.8 Å². The van der Waals surface area contributed by atoms with Crippen LogP contribution in [0.1, 0.15) is 5.56 Å². The van der Waals surface area contributed by atoms with Gasteiger partial charge in [-0.05, 0) is 18.2 Å². The molecule has 1 amide bonds. The van der Waals surface area contributed by atoms with Crippen molar-refractivity contribution in [3.63, 3.8) is 0 Å². The number of nitrogens with one attached hydrogen (secondary N) is 1. The fourth-order valence-corrected chi connectivity index (χ4v) is 2.73. The van der Waals surface area contributed by atoms with Crippen molar-refractivity contribution in [2.75, 3.05) is 20.6 Å². The van der Waals surface area contributed by atoms with Crippen molar-refractivity contribution in [2.45, 2.75) is 4.90 Å². The third-order valence-electron chi connectivity index (χ3n) is 2.41. The van der Waals surface area contributed by atoms with Gasteiger partial charge in [0.25, 0.3) is 0 Å². The molecule has 6 nitrogen and oxygen atoms in total. The first-order valence-corrected chi connectivity index (χ1v) is 7.01. The normalized spacial score (nSPS) is 11.1. The van der Waals surface area contributed by atoms with E-state index in [4.69, 9.17) is 16.9 Å². The van der Waals surface area contributed by atoms with Gasteiger partial charge in [-0.25, -0.2) is 8.42 Å². The molecule has 0 aliphatic heterocycles. The fourth-order valence-electron chi connectivity index (χ4n) is 1.29. The molecule has 1 N–H and O–H groups in total. The molecule has 0 saturated carbocycles. The highest BCUT2D eigenvalue weighted by Gasteiger charge is 2.23. The van der Waals surface area contributed by atoms with E-state index < -0.39 is 15.9 Å². The molecule has 0 spiro atoms. The summed E-state index contributed by atoms with van der Waals surface area (Å²) in [5.74, 6) is -0.425. The summed E-state index contributed by atoms with van der Waals surface area (Å²) < 4.78 is 25.2. The van der Waals surface area contributed by atoms with E-state index in [9.17, 15) is 13.2 Å². The molecule has 19 heavy (non-hydrogen) atoms. The first-order chi connectivity index (χ1) is 8.82. The van der Waals surface area contributed by atoms with E-state index in [0.29, 0.717) is 0 Å². The molecule has 0 unspecified atom stereocenters. The van der Waals surface area contributed by atoms with Gasteiger partial charge in [0.05, 0.1) is 22.0 Å². The molecular weight excluding hydrogens is 290 g/mol. The minimum absolute atomic E-state index is 0.0527. The smallest absolute Gasteiger partial charge is 0.243 e. The van der Waals surface area contributed by atoms with E-state index in [0.717, 1.165) is 4.31 Å². The van der Waals surface area contributed by atoms with Crippen LogP contribution in [0.25, 0.3) is 0 Å². The number of sulfonamides is 1. The second-order valence-electron chi connectivity index (χ2n) is 3.69. The Labute approximate surface area is 116 Å². The zero-order valence-electron chi connectivity index (χ0n) is 10.3. The quantitative estimate of drug-likeness (QED) is 0.880. The number of nitrogens with zero attached hydrogens (tertiary/aromatic N) is 2. The summed E-state index contributed by atoms with van der Waals surface area (Å²) in [4.78, 5) is 11.1. The van der Waals surface area contributed by atoms with E-state index >= 15 is 0 Å². The van der Waals surface area contributed by atoms with E-state index in [2.05, 4.69) is 5.32 Å². The molecule has 0 atom stereocenters. The lowest BCUT2D eigenvalue weighted by Gasteiger charge is -2.16. The molecular formula is C11H12ClN3O3S. The van der Waals surface area contributed by atoms with Crippen LogP contribution in [0.5, 0.6) is 0 Å². The van der Waals surface area contributed by atoms with Crippen molar-refractivity contribution >= 4 is 27.5 Å². The Morgan fingerprint density at radius 1 is 1.53 bits per heavy atom. The highest BCUT2D eigenvalue weighted by Crippen LogP contribution is 2.22. The number of hydrogen-bond donors (Lipinski definition) is 1. The van der Waals surface area contributed by atoms with Crippen molar-refractivity contribution in [3.8, 4) is 6.07 Å². The van der Waals surface area contributed by atoms with E-state index in [1.165, 1.54) is 32.3 Å². The Morgan fingerprint density at radius 3 is 2.63 bits per heavy atom. The van der Waals surface area contributed by atoms with Gasteiger partial charge in [0.15, 0.2) is 0 Å². The topological polar surface area (TPSA) is 90.3 Å². The second-order valence-corrected chi connectivity index (χ2v) is 6.14. The Balaban J connectivity index is 3.11. The predicted molar refractivity (Wildman–Crippen MR) is 70.0 cm³/mol. The van der Waals surface area contributed by atoms with Crippen LogP contribution in [0, 0.1) is 11.3 Å². The molecule has 102 valence electrons. The molecule has 0 saturated heterocycles. The third kappa shape index (κ3) is 3.44. The van der Waals surface area contributed by atoms with Gasteiger partial charge >= 0.3 is 0 Å². The maximum atomic E-state index is 12.1. The van der Waals surface area contributed by atoms with Gasteiger partial charge < -0.3 is 5.32 Å². The van der Waals surface area contributed by atoms with Gasteiger partial charge in [0, 0.05) is 14.1 Å². The SMILES string of the molecule is CNC(=O)CN(C)S(=O)(=O)c1ccc(C#N)c(Cl)c1. The number of carbonyl (C=O) groups excluding carboxylic acids is 1. The molecule has 1 aromatic carbocycles. The van der Waals surface area contributed by atoms with Crippen LogP contribution >= 0.6 is 11.6 Å². The van der Waals surface area contributed by atoms with Gasteiger partial charge in [-0.15, -0.1) is 0 Å². The molecule has 0 bridgehead atoms. The number of nitriles is 1. The second kappa shape index (κ2) is 6.02. The highest BCUT2D eigenvalue weighted by atomic mass is 35.5. The molecule has 0 aliphatic carbocycles. The number of carbonyl (C=O) groups is 1. The van der Waals surface area contributed by atoms with E-state index in [1.54, 1.807) is 0 Å². The van der Waals surface area contributed by atoms with Crippen LogP contribution in [0.15, 0.2) is 23.1 Å². The summed E-state index contributed by atoms with van der Waals surface area (Å²) >= 11 is 5.79. The Hall–Kier alpha value is -1.62. The molecule has 0 heterocycles. The Morgan fingerprint density at radius 2 is 2.16 bits per heavy atom. The average Bonchev–Trinajstić information content (AvgIpc) is 2.38. The monoisotopic (exact) mass is 301 g/mol. The van der Waals surface area contributed by atoms with Crippen LogP contribution in [0.4, 0.5) is 0 Å². The van der Waals surface area contributed by atoms with Crippen molar-refractivity contribution in [3.05, 3.63) is 28.8 Å². The van der Waals surface area contributed by atoms with Crippen molar-refractivity contribution in [2.24, 2.45) is 0 Å². The van der Waals surface area contributed by atoms with Crippen molar-refractivity contribution < 1.29 is 13.2 Å². The zero-order chi connectivity index (χ0) is 14.6. The molecule has 8 heteroatoms. The van der Waals surface area contributed by atoms with Crippen LogP contribution < -0.4 is 5.32 Å². The average molecular weight is 302 g/mol. The Bertz CT molecular complexity index is 637. The van der Waals surface area contributed by atoms with Crippen molar-refractivity contribution in [1.82, 2.24) is 9.62 Å². The Kier molecular flexibility index (Phi) is 4.89. The molecule has 0 fully saturated rings. The van der Waals surface area contributed by atoms with Gasteiger partial charge in [0.2, 0.25) is 15.9 Å². The lowest BCUT2D eigenvalue weighted by Crippen LogP contribution is -2.36. The number of amides is 1. The first-order valence-electron chi connectivity index (χ1n) is 5.19. The summed E-state index contributed by atoms with van der Waals surface area (Å²) in [5.41, 5.74) is 0.189.